The first-order valence-electron chi connectivity index (χ1n) is 17.3. The molecule has 4 rings (SSSR count). The van der Waals surface area contributed by atoms with E-state index in [2.05, 4.69) is 47.3 Å². The molecule has 0 saturated carbocycles. The number of Topliss-reactive ketones (excluding diaryl/α,β-unsaturated/α-hetero) is 1. The van der Waals surface area contributed by atoms with Gasteiger partial charge in [-0.2, -0.15) is 5.10 Å². The highest BCUT2D eigenvalue weighted by Gasteiger charge is 2.50. The Morgan fingerprint density at radius 1 is 0.773 bits per heavy atom. The van der Waals surface area contributed by atoms with Gasteiger partial charge in [-0.25, -0.2) is 4.98 Å². The van der Waals surface area contributed by atoms with Gasteiger partial charge in [-0.15, -0.1) is 9.89 Å². The zero-order chi connectivity index (χ0) is 31.0. The minimum Gasteiger partial charge on any atom is -0.494 e. The lowest BCUT2D eigenvalue weighted by atomic mass is 9.72. The van der Waals surface area contributed by atoms with Crippen LogP contribution in [0.4, 0.5) is 0 Å². The molecule has 0 bridgehead atoms. The maximum absolute atomic E-state index is 13.3. The predicted molar refractivity (Wildman–Crippen MR) is 181 cm³/mol. The van der Waals surface area contributed by atoms with E-state index in [0.29, 0.717) is 31.1 Å². The van der Waals surface area contributed by atoms with Gasteiger partial charge in [-0.3, -0.25) is 4.79 Å². The van der Waals surface area contributed by atoms with Crippen molar-refractivity contribution in [2.75, 3.05) is 6.61 Å². The third kappa shape index (κ3) is 9.61. The van der Waals surface area contributed by atoms with Gasteiger partial charge in [0.25, 0.3) is 0 Å². The lowest BCUT2D eigenvalue weighted by Gasteiger charge is -2.27. The number of ether oxygens (including phenoxy) is 1. The van der Waals surface area contributed by atoms with Crippen molar-refractivity contribution in [1.82, 2.24) is 14.9 Å². The van der Waals surface area contributed by atoms with Gasteiger partial charge >= 0.3 is 0 Å². The van der Waals surface area contributed by atoms with Crippen molar-refractivity contribution in [1.29, 1.82) is 0 Å². The van der Waals surface area contributed by atoms with Crippen LogP contribution >= 0.6 is 0 Å². The maximum atomic E-state index is 13.3. The number of ketones is 1. The smallest absolute Gasteiger partial charge is 0.172 e. The maximum Gasteiger partial charge on any atom is 0.172 e. The van der Waals surface area contributed by atoms with Crippen molar-refractivity contribution in [3.05, 3.63) is 77.4 Å². The molecule has 1 aromatic heterocycles. The summed E-state index contributed by atoms with van der Waals surface area (Å²) in [5, 5.41) is 9.22. The Kier molecular flexibility index (Phi) is 13.7. The highest BCUT2D eigenvalue weighted by molar-refractivity contribution is 6.14. The van der Waals surface area contributed by atoms with Crippen LogP contribution in [0.15, 0.2) is 59.7 Å². The number of fused-ring (bicyclic) bond motifs is 1. The van der Waals surface area contributed by atoms with Crippen LogP contribution in [0.1, 0.15) is 133 Å². The second-order valence-corrected chi connectivity index (χ2v) is 12.6. The summed E-state index contributed by atoms with van der Waals surface area (Å²) in [6.07, 6.45) is 21.0. The van der Waals surface area contributed by atoms with Crippen LogP contribution in [0, 0.1) is 6.92 Å². The van der Waals surface area contributed by atoms with Crippen LogP contribution in [0.2, 0.25) is 0 Å². The van der Waals surface area contributed by atoms with Crippen molar-refractivity contribution < 1.29 is 9.53 Å². The number of carbonyl (C=O) groups is 1. The molecule has 0 fully saturated rings. The lowest BCUT2D eigenvalue weighted by molar-refractivity contribution is -0.120. The SMILES string of the molecule is CCCCCCCCCCCCCCCc1cccc(OCCCC2=Nn3nc(C)nc3C2(Cc2ccccc2)C(C)=O)c1. The molecule has 0 saturated heterocycles. The van der Waals surface area contributed by atoms with Gasteiger partial charge in [-0.1, -0.05) is 126 Å². The van der Waals surface area contributed by atoms with E-state index >= 15 is 0 Å². The molecular weight excluding hydrogens is 544 g/mol. The number of rotatable bonds is 22. The minimum absolute atomic E-state index is 0.0491. The second kappa shape index (κ2) is 17.9. The van der Waals surface area contributed by atoms with Crippen LogP contribution in [0.3, 0.4) is 0 Å². The molecule has 0 radical (unpaired) electrons. The van der Waals surface area contributed by atoms with Crippen LogP contribution in [0.25, 0.3) is 0 Å². The number of aromatic nitrogens is 3. The number of unbranched alkanes of at least 4 members (excludes halogenated alkanes) is 12. The van der Waals surface area contributed by atoms with Crippen LogP contribution in [0.5, 0.6) is 5.75 Å². The van der Waals surface area contributed by atoms with Gasteiger partial charge in [-0.05, 0) is 69.2 Å². The Labute approximate surface area is 265 Å². The number of nitrogens with zero attached hydrogens (tertiary/aromatic N) is 4. The molecule has 1 aliphatic rings. The highest BCUT2D eigenvalue weighted by atomic mass is 16.5. The summed E-state index contributed by atoms with van der Waals surface area (Å²) in [6, 6.07) is 18.7. The largest absolute Gasteiger partial charge is 0.494 e. The lowest BCUT2D eigenvalue weighted by Crippen LogP contribution is -2.43. The topological polar surface area (TPSA) is 69.4 Å². The molecule has 0 spiro atoms. The first-order chi connectivity index (χ1) is 21.5. The first-order valence-corrected chi connectivity index (χ1v) is 17.3. The second-order valence-electron chi connectivity index (χ2n) is 12.6. The monoisotopic (exact) mass is 598 g/mol. The Hall–Kier alpha value is -3.28. The fourth-order valence-corrected chi connectivity index (χ4v) is 6.47. The molecule has 2 heterocycles. The fraction of sp³-hybridized carbons (Fsp3) is 0.579. The van der Waals surface area contributed by atoms with Gasteiger partial charge in [0.1, 0.15) is 22.8 Å². The molecule has 0 N–H and O–H groups in total. The molecule has 3 aromatic rings. The summed E-state index contributed by atoms with van der Waals surface area (Å²) in [6.45, 7) is 6.34. The van der Waals surface area contributed by atoms with Crippen molar-refractivity contribution in [3.63, 3.8) is 0 Å². The molecule has 0 aliphatic carbocycles. The highest BCUT2D eigenvalue weighted by Crippen LogP contribution is 2.36. The van der Waals surface area contributed by atoms with Crippen LogP contribution in [-0.2, 0) is 23.1 Å². The van der Waals surface area contributed by atoms with E-state index in [1.54, 1.807) is 11.7 Å². The predicted octanol–water partition coefficient (Wildman–Crippen LogP) is 9.37. The summed E-state index contributed by atoms with van der Waals surface area (Å²) in [4.78, 5) is 19.5. The quantitative estimate of drug-likeness (QED) is 0.108. The number of hydrogen-bond acceptors (Lipinski definition) is 5. The minimum atomic E-state index is -0.892. The number of carbonyl (C=O) groups excluding carboxylic acids is 1. The Balaban J connectivity index is 1.17. The molecule has 1 unspecified atom stereocenters. The summed E-state index contributed by atoms with van der Waals surface area (Å²) in [7, 11) is 0. The van der Waals surface area contributed by atoms with Crippen molar-refractivity contribution in [2.24, 2.45) is 5.10 Å². The molecule has 1 aliphatic heterocycles. The Morgan fingerprint density at radius 2 is 1.41 bits per heavy atom. The van der Waals surface area contributed by atoms with E-state index in [0.717, 1.165) is 29.9 Å². The van der Waals surface area contributed by atoms with E-state index in [4.69, 9.17) is 9.84 Å². The van der Waals surface area contributed by atoms with Crippen LogP contribution < -0.4 is 4.74 Å². The summed E-state index contributed by atoms with van der Waals surface area (Å²) < 4.78 is 6.17. The molecule has 238 valence electrons. The average molecular weight is 599 g/mol. The Bertz CT molecular complexity index is 1320. The normalized spacial score (nSPS) is 15.8. The average Bonchev–Trinajstić information content (AvgIpc) is 3.53. The van der Waals surface area contributed by atoms with Gasteiger partial charge in [0, 0.05) is 0 Å². The molecule has 6 heteroatoms. The number of aryl methyl sites for hydroxylation is 2. The summed E-state index contributed by atoms with van der Waals surface area (Å²) in [5.74, 6) is 2.22. The van der Waals surface area contributed by atoms with Gasteiger partial charge in [0.2, 0.25) is 0 Å². The fourth-order valence-electron chi connectivity index (χ4n) is 6.47. The van der Waals surface area contributed by atoms with E-state index < -0.39 is 5.41 Å². The summed E-state index contributed by atoms with van der Waals surface area (Å²) in [5.41, 5.74) is 2.36. The van der Waals surface area contributed by atoms with Gasteiger partial charge in [0.15, 0.2) is 5.82 Å². The number of hydrogen-bond donors (Lipinski definition) is 0. The molecule has 6 nitrogen and oxygen atoms in total. The summed E-state index contributed by atoms with van der Waals surface area (Å²) >= 11 is 0. The first kappa shape index (κ1) is 33.6. The molecule has 2 aromatic carbocycles. The van der Waals surface area contributed by atoms with Crippen LogP contribution in [-0.4, -0.2) is 33.0 Å². The van der Waals surface area contributed by atoms with Crippen molar-refractivity contribution >= 4 is 11.5 Å². The Morgan fingerprint density at radius 3 is 2.07 bits per heavy atom. The molecular formula is C38H54N4O2. The van der Waals surface area contributed by atoms with Gasteiger partial charge < -0.3 is 4.74 Å². The number of benzene rings is 2. The van der Waals surface area contributed by atoms with E-state index in [9.17, 15) is 4.79 Å². The molecule has 1 atom stereocenters. The zero-order valence-electron chi connectivity index (χ0n) is 27.5. The van der Waals surface area contributed by atoms with E-state index in [1.807, 2.05) is 31.2 Å². The molecule has 44 heavy (non-hydrogen) atoms. The third-order valence-electron chi connectivity index (χ3n) is 8.99. The van der Waals surface area contributed by atoms with Crippen molar-refractivity contribution in [2.45, 2.75) is 135 Å². The van der Waals surface area contributed by atoms with E-state index in [-0.39, 0.29) is 5.78 Å². The van der Waals surface area contributed by atoms with E-state index in [1.165, 1.54) is 89.0 Å². The molecule has 0 amide bonds. The zero-order valence-corrected chi connectivity index (χ0v) is 27.5. The third-order valence-corrected chi connectivity index (χ3v) is 8.99. The van der Waals surface area contributed by atoms with Crippen molar-refractivity contribution in [3.8, 4) is 5.75 Å². The van der Waals surface area contributed by atoms with Gasteiger partial charge in [0.05, 0.1) is 12.3 Å². The standard InChI is InChI=1S/C38H54N4O2/c1-4-5-6-7-8-9-10-11-12-13-14-15-17-22-33-25-20-26-35(29-33)44-28-21-27-36-38(31(2)43,30-34-23-18-16-19-24-34)37-39-32(3)40-42(37)41-36/h16,18-20,23-26,29H,4-15,17,21-22,27-28,30H2,1-3H3.